The third kappa shape index (κ3) is 5.98. The first-order chi connectivity index (χ1) is 15.0. The Labute approximate surface area is 177 Å². The van der Waals surface area contributed by atoms with Crippen molar-refractivity contribution >= 4 is 11.8 Å². The summed E-state index contributed by atoms with van der Waals surface area (Å²) >= 11 is 0. The molecule has 1 amide bonds. The SMILES string of the molecule is COCCOC(=O)Nc1cccc(Cc2nn(-c3cc(F)cc(C#N)c3)ccc2=O)c1. The topological polar surface area (TPSA) is 106 Å². The van der Waals surface area contributed by atoms with Crippen LogP contribution in [0.5, 0.6) is 0 Å². The van der Waals surface area contributed by atoms with E-state index in [1.54, 1.807) is 24.3 Å². The minimum atomic E-state index is -0.617. The number of rotatable bonds is 7. The highest BCUT2D eigenvalue weighted by Crippen LogP contribution is 2.15. The van der Waals surface area contributed by atoms with Crippen LogP contribution in [0.2, 0.25) is 0 Å². The Morgan fingerprint density at radius 2 is 2.06 bits per heavy atom. The summed E-state index contributed by atoms with van der Waals surface area (Å²) in [7, 11) is 1.51. The molecule has 0 aliphatic carbocycles. The normalized spacial score (nSPS) is 10.4. The number of amides is 1. The molecule has 158 valence electrons. The summed E-state index contributed by atoms with van der Waals surface area (Å²) in [5.74, 6) is -0.577. The second kappa shape index (κ2) is 10.1. The van der Waals surface area contributed by atoms with Gasteiger partial charge in [0.1, 0.15) is 18.1 Å². The van der Waals surface area contributed by atoms with Gasteiger partial charge in [0.05, 0.1) is 23.9 Å². The molecule has 0 unspecified atom stereocenters. The molecule has 9 heteroatoms. The average molecular weight is 422 g/mol. The minimum Gasteiger partial charge on any atom is -0.447 e. The molecule has 3 aromatic rings. The molecular weight excluding hydrogens is 403 g/mol. The van der Waals surface area contributed by atoms with E-state index in [1.807, 2.05) is 6.07 Å². The number of benzene rings is 2. The first kappa shape index (κ1) is 21.7. The van der Waals surface area contributed by atoms with Crippen LogP contribution in [0.1, 0.15) is 16.8 Å². The van der Waals surface area contributed by atoms with Crippen LogP contribution in [-0.2, 0) is 15.9 Å². The highest BCUT2D eigenvalue weighted by Gasteiger charge is 2.09. The van der Waals surface area contributed by atoms with Crippen molar-refractivity contribution in [1.82, 2.24) is 9.78 Å². The van der Waals surface area contributed by atoms with Gasteiger partial charge in [0.15, 0.2) is 0 Å². The van der Waals surface area contributed by atoms with Crippen molar-refractivity contribution in [3.05, 3.63) is 87.6 Å². The average Bonchev–Trinajstić information content (AvgIpc) is 2.75. The fourth-order valence-corrected chi connectivity index (χ4v) is 2.81. The fraction of sp³-hybridized carbons (Fsp3) is 0.182. The van der Waals surface area contributed by atoms with Crippen LogP contribution in [0.25, 0.3) is 5.69 Å². The molecule has 0 atom stereocenters. The van der Waals surface area contributed by atoms with E-state index in [4.69, 9.17) is 14.7 Å². The lowest BCUT2D eigenvalue weighted by Crippen LogP contribution is -2.17. The number of aromatic nitrogens is 2. The van der Waals surface area contributed by atoms with Crippen LogP contribution >= 0.6 is 0 Å². The van der Waals surface area contributed by atoms with Crippen LogP contribution in [-0.4, -0.2) is 36.2 Å². The van der Waals surface area contributed by atoms with Gasteiger partial charge in [-0.05, 0) is 35.9 Å². The number of methoxy groups -OCH3 is 1. The third-order valence-electron chi connectivity index (χ3n) is 4.22. The van der Waals surface area contributed by atoms with E-state index in [1.165, 1.54) is 36.2 Å². The van der Waals surface area contributed by atoms with Gasteiger partial charge >= 0.3 is 6.09 Å². The number of anilines is 1. The minimum absolute atomic E-state index is 0.128. The van der Waals surface area contributed by atoms with Gasteiger partial charge in [0.25, 0.3) is 0 Å². The molecule has 1 heterocycles. The van der Waals surface area contributed by atoms with E-state index < -0.39 is 11.9 Å². The molecule has 31 heavy (non-hydrogen) atoms. The zero-order valence-corrected chi connectivity index (χ0v) is 16.7. The number of nitrogens with zero attached hydrogens (tertiary/aromatic N) is 3. The molecule has 3 rings (SSSR count). The van der Waals surface area contributed by atoms with Crippen LogP contribution in [0.3, 0.4) is 0 Å². The van der Waals surface area contributed by atoms with Gasteiger partial charge in [-0.1, -0.05) is 12.1 Å². The lowest BCUT2D eigenvalue weighted by Gasteiger charge is -2.10. The number of nitriles is 1. The second-order valence-corrected chi connectivity index (χ2v) is 6.51. The number of hydrogen-bond acceptors (Lipinski definition) is 6. The van der Waals surface area contributed by atoms with E-state index in [0.29, 0.717) is 18.0 Å². The van der Waals surface area contributed by atoms with Gasteiger partial charge in [-0.2, -0.15) is 10.4 Å². The summed E-state index contributed by atoms with van der Waals surface area (Å²) in [5.41, 5.74) is 1.64. The van der Waals surface area contributed by atoms with Crippen molar-refractivity contribution < 1.29 is 18.7 Å². The van der Waals surface area contributed by atoms with E-state index in [0.717, 1.165) is 11.6 Å². The molecule has 1 N–H and O–H groups in total. The van der Waals surface area contributed by atoms with Crippen LogP contribution in [0.4, 0.5) is 14.9 Å². The summed E-state index contributed by atoms with van der Waals surface area (Å²) < 4.78 is 24.9. The predicted molar refractivity (Wildman–Crippen MR) is 111 cm³/mol. The molecule has 0 bridgehead atoms. The molecular formula is C22H19FN4O4. The Morgan fingerprint density at radius 1 is 1.23 bits per heavy atom. The first-order valence-corrected chi connectivity index (χ1v) is 9.30. The molecule has 0 fully saturated rings. The van der Waals surface area contributed by atoms with E-state index in [-0.39, 0.29) is 29.7 Å². The van der Waals surface area contributed by atoms with Crippen LogP contribution in [0, 0.1) is 17.1 Å². The van der Waals surface area contributed by atoms with Gasteiger partial charge in [0.2, 0.25) is 5.43 Å². The molecule has 0 radical (unpaired) electrons. The largest absolute Gasteiger partial charge is 0.447 e. The van der Waals surface area contributed by atoms with Crippen LogP contribution in [0.15, 0.2) is 59.5 Å². The smallest absolute Gasteiger partial charge is 0.411 e. The molecule has 0 spiro atoms. The molecule has 8 nitrogen and oxygen atoms in total. The Hall–Kier alpha value is -4.03. The van der Waals surface area contributed by atoms with Crippen LogP contribution < -0.4 is 10.7 Å². The Morgan fingerprint density at radius 3 is 2.84 bits per heavy atom. The second-order valence-electron chi connectivity index (χ2n) is 6.51. The number of nitrogens with one attached hydrogen (secondary N) is 1. The van der Waals surface area contributed by atoms with Gasteiger partial charge in [-0.3, -0.25) is 10.1 Å². The van der Waals surface area contributed by atoms with Crippen molar-refractivity contribution in [2.75, 3.05) is 25.6 Å². The summed E-state index contributed by atoms with van der Waals surface area (Å²) in [6.07, 6.45) is 0.984. The molecule has 0 aliphatic heterocycles. The molecule has 0 aliphatic rings. The van der Waals surface area contributed by atoms with E-state index in [2.05, 4.69) is 10.4 Å². The van der Waals surface area contributed by atoms with Gasteiger partial charge in [0, 0.05) is 31.5 Å². The maximum atomic E-state index is 13.8. The number of ether oxygens (including phenoxy) is 2. The first-order valence-electron chi connectivity index (χ1n) is 9.30. The molecule has 1 aromatic heterocycles. The summed E-state index contributed by atoms with van der Waals surface area (Å²) in [4.78, 5) is 24.1. The lowest BCUT2D eigenvalue weighted by molar-refractivity contribution is 0.107. The Bertz CT molecular complexity index is 1190. The van der Waals surface area contributed by atoms with Crippen molar-refractivity contribution in [3.8, 4) is 11.8 Å². The number of hydrogen-bond donors (Lipinski definition) is 1. The van der Waals surface area contributed by atoms with Gasteiger partial charge in [-0.25, -0.2) is 13.9 Å². The summed E-state index contributed by atoms with van der Waals surface area (Å²) in [6, 6.07) is 13.9. The monoisotopic (exact) mass is 422 g/mol. The zero-order valence-electron chi connectivity index (χ0n) is 16.7. The Balaban J connectivity index is 1.80. The van der Waals surface area contributed by atoms with Crippen molar-refractivity contribution in [2.24, 2.45) is 0 Å². The number of carbonyl (C=O) groups is 1. The highest BCUT2D eigenvalue weighted by atomic mass is 19.1. The zero-order chi connectivity index (χ0) is 22.2. The molecule has 0 saturated heterocycles. The third-order valence-corrected chi connectivity index (χ3v) is 4.22. The molecule has 0 saturated carbocycles. The van der Waals surface area contributed by atoms with Crippen molar-refractivity contribution in [3.63, 3.8) is 0 Å². The fourth-order valence-electron chi connectivity index (χ4n) is 2.81. The lowest BCUT2D eigenvalue weighted by atomic mass is 10.1. The number of halogens is 1. The molecule has 2 aromatic carbocycles. The van der Waals surface area contributed by atoms with E-state index in [9.17, 15) is 14.0 Å². The predicted octanol–water partition coefficient (Wildman–Crippen LogP) is 3.03. The number of carbonyl (C=O) groups excluding carboxylic acids is 1. The van der Waals surface area contributed by atoms with Crippen molar-refractivity contribution in [2.45, 2.75) is 6.42 Å². The van der Waals surface area contributed by atoms with Crippen molar-refractivity contribution in [1.29, 1.82) is 5.26 Å². The maximum absolute atomic E-state index is 13.8. The van der Waals surface area contributed by atoms with Gasteiger partial charge < -0.3 is 9.47 Å². The standard InChI is InChI=1S/C22H19FN4O4/c1-30-7-8-31-22(29)25-18-4-2-3-15(10-18)12-20-21(28)5-6-27(26-20)19-11-16(14-24)9-17(23)13-19/h2-6,9-11,13H,7-8,12H2,1H3,(H,25,29). The van der Waals surface area contributed by atoms with Gasteiger partial charge in [-0.15, -0.1) is 0 Å². The Kier molecular flexibility index (Phi) is 7.09. The maximum Gasteiger partial charge on any atom is 0.411 e. The van der Waals surface area contributed by atoms with E-state index >= 15 is 0 Å². The summed E-state index contributed by atoms with van der Waals surface area (Å²) in [6.45, 7) is 0.420. The highest BCUT2D eigenvalue weighted by molar-refractivity contribution is 5.84. The quantitative estimate of drug-likeness (QED) is 0.587. The summed E-state index contributed by atoms with van der Waals surface area (Å²) in [5, 5.41) is 15.9.